The Morgan fingerprint density at radius 3 is 2.70 bits per heavy atom. The number of rotatable bonds is 3. The molecule has 2 aromatic rings. The first-order valence-corrected chi connectivity index (χ1v) is 5.54. The Morgan fingerprint density at radius 1 is 1.35 bits per heavy atom. The number of aryl methyl sites for hydroxylation is 1. The van der Waals surface area contributed by atoms with Gasteiger partial charge in [0.1, 0.15) is 5.82 Å². The zero-order chi connectivity index (χ0) is 14.9. The lowest BCUT2D eigenvalue weighted by Crippen LogP contribution is -2.23. The van der Waals surface area contributed by atoms with E-state index >= 15 is 0 Å². The number of hydrogen-bond acceptors (Lipinski definition) is 3. The molecule has 0 aliphatic heterocycles. The number of carbonyl (C=O) groups excluding carboxylic acids is 1. The largest absolute Gasteiger partial charge is 0.456 e. The summed E-state index contributed by atoms with van der Waals surface area (Å²) in [7, 11) is 0. The van der Waals surface area contributed by atoms with E-state index in [1.807, 2.05) is 0 Å². The van der Waals surface area contributed by atoms with Crippen molar-refractivity contribution in [2.45, 2.75) is 19.6 Å². The van der Waals surface area contributed by atoms with Crippen molar-refractivity contribution in [1.82, 2.24) is 15.0 Å². The average molecular weight is 287 g/mol. The van der Waals surface area contributed by atoms with Gasteiger partial charge in [-0.3, -0.25) is 4.79 Å². The molecule has 0 radical (unpaired) electrons. The van der Waals surface area contributed by atoms with Gasteiger partial charge in [0.15, 0.2) is 5.69 Å². The summed E-state index contributed by atoms with van der Waals surface area (Å²) in [6.07, 6.45) is -4.10. The van der Waals surface area contributed by atoms with Crippen molar-refractivity contribution in [3.63, 3.8) is 0 Å². The van der Waals surface area contributed by atoms with Gasteiger partial charge in [0.25, 0.3) is 5.78 Å². The number of nitrogens with zero attached hydrogens (tertiary/aromatic N) is 3. The SMILES string of the molecule is Cc1ccc(F)cc1Cn1cc(C(=O)C(F)(F)F)nn1. The first-order valence-electron chi connectivity index (χ1n) is 5.54. The van der Waals surface area contributed by atoms with Crippen LogP contribution in [-0.4, -0.2) is 27.0 Å². The lowest BCUT2D eigenvalue weighted by Gasteiger charge is -2.05. The summed E-state index contributed by atoms with van der Waals surface area (Å²) in [6, 6.07) is 4.07. The van der Waals surface area contributed by atoms with Crippen molar-refractivity contribution in [1.29, 1.82) is 0 Å². The van der Waals surface area contributed by atoms with E-state index in [1.165, 1.54) is 12.1 Å². The molecule has 0 unspecified atom stereocenters. The van der Waals surface area contributed by atoms with Gasteiger partial charge in [-0.25, -0.2) is 9.07 Å². The quantitative estimate of drug-likeness (QED) is 0.643. The first-order chi connectivity index (χ1) is 9.27. The van der Waals surface area contributed by atoms with Gasteiger partial charge in [-0.2, -0.15) is 13.2 Å². The number of alkyl halides is 3. The lowest BCUT2D eigenvalue weighted by molar-refractivity contribution is -0.0888. The summed E-state index contributed by atoms with van der Waals surface area (Å²) < 4.78 is 50.8. The predicted octanol–water partition coefficient (Wildman–Crippen LogP) is 2.52. The number of carbonyl (C=O) groups is 1. The summed E-state index contributed by atoms with van der Waals surface area (Å²) in [4.78, 5) is 11.0. The molecular weight excluding hydrogens is 278 g/mol. The fraction of sp³-hybridized carbons (Fsp3) is 0.250. The fourth-order valence-electron chi connectivity index (χ4n) is 1.61. The van der Waals surface area contributed by atoms with Crippen molar-refractivity contribution in [3.8, 4) is 0 Å². The number of benzene rings is 1. The Hall–Kier alpha value is -2.25. The molecule has 0 atom stereocenters. The lowest BCUT2D eigenvalue weighted by atomic mass is 10.1. The molecular formula is C12H9F4N3O. The van der Waals surface area contributed by atoms with Crippen molar-refractivity contribution < 1.29 is 22.4 Å². The Bertz CT molecular complexity index is 648. The molecule has 4 nitrogen and oxygen atoms in total. The molecule has 1 aromatic heterocycles. The second-order valence-corrected chi connectivity index (χ2v) is 4.20. The normalized spacial score (nSPS) is 11.7. The van der Waals surface area contributed by atoms with E-state index in [9.17, 15) is 22.4 Å². The number of ketones is 1. The van der Waals surface area contributed by atoms with Crippen LogP contribution in [0.15, 0.2) is 24.4 Å². The second kappa shape index (κ2) is 5.03. The van der Waals surface area contributed by atoms with Crippen LogP contribution in [0.25, 0.3) is 0 Å². The van der Waals surface area contributed by atoms with E-state index in [0.717, 1.165) is 16.4 Å². The molecule has 0 fully saturated rings. The molecule has 8 heteroatoms. The van der Waals surface area contributed by atoms with E-state index in [0.29, 0.717) is 5.56 Å². The number of Topliss-reactive ketones (excluding diaryl/α,β-unsaturated/α-hetero) is 1. The van der Waals surface area contributed by atoms with Gasteiger partial charge in [-0.15, -0.1) is 5.10 Å². The van der Waals surface area contributed by atoms with Crippen molar-refractivity contribution in [3.05, 3.63) is 47.0 Å². The van der Waals surface area contributed by atoms with E-state index in [4.69, 9.17) is 0 Å². The average Bonchev–Trinajstić information content (AvgIpc) is 2.80. The van der Waals surface area contributed by atoms with Crippen LogP contribution in [0.4, 0.5) is 17.6 Å². The van der Waals surface area contributed by atoms with Crippen LogP contribution in [0.1, 0.15) is 21.6 Å². The highest BCUT2D eigenvalue weighted by atomic mass is 19.4. The minimum atomic E-state index is -4.99. The maximum Gasteiger partial charge on any atom is 0.456 e. The third-order valence-electron chi connectivity index (χ3n) is 2.67. The third-order valence-corrected chi connectivity index (χ3v) is 2.67. The molecule has 0 spiro atoms. The maximum absolute atomic E-state index is 13.1. The Balaban J connectivity index is 2.22. The molecule has 0 N–H and O–H groups in total. The summed E-state index contributed by atoms with van der Waals surface area (Å²) >= 11 is 0. The van der Waals surface area contributed by atoms with Crippen LogP contribution in [0, 0.1) is 12.7 Å². The molecule has 0 saturated heterocycles. The standard InChI is InChI=1S/C12H9F4N3O/c1-7-2-3-9(13)4-8(7)5-19-6-10(17-18-19)11(20)12(14,15)16/h2-4,6H,5H2,1H3. The van der Waals surface area contributed by atoms with Gasteiger partial charge in [0, 0.05) is 0 Å². The van der Waals surface area contributed by atoms with E-state index < -0.39 is 23.5 Å². The molecule has 0 saturated carbocycles. The fourth-order valence-corrected chi connectivity index (χ4v) is 1.61. The van der Waals surface area contributed by atoms with E-state index in [1.54, 1.807) is 13.0 Å². The van der Waals surface area contributed by atoms with Crippen molar-refractivity contribution in [2.24, 2.45) is 0 Å². The van der Waals surface area contributed by atoms with E-state index in [-0.39, 0.29) is 6.54 Å². The number of hydrogen-bond donors (Lipinski definition) is 0. The summed E-state index contributed by atoms with van der Waals surface area (Å²) in [5, 5.41) is 6.62. The van der Waals surface area contributed by atoms with Gasteiger partial charge in [-0.05, 0) is 30.2 Å². The topological polar surface area (TPSA) is 47.8 Å². The van der Waals surface area contributed by atoms with Gasteiger partial charge >= 0.3 is 6.18 Å². The van der Waals surface area contributed by atoms with E-state index in [2.05, 4.69) is 10.3 Å². The molecule has 0 bridgehead atoms. The molecule has 0 amide bonds. The molecule has 20 heavy (non-hydrogen) atoms. The molecule has 2 rings (SSSR count). The van der Waals surface area contributed by atoms with Crippen LogP contribution >= 0.6 is 0 Å². The minimum absolute atomic E-state index is 0.0295. The van der Waals surface area contributed by atoms with Crippen LogP contribution in [0.3, 0.4) is 0 Å². The van der Waals surface area contributed by atoms with Gasteiger partial charge in [0.2, 0.25) is 0 Å². The molecule has 0 aliphatic rings. The monoisotopic (exact) mass is 287 g/mol. The smallest absolute Gasteiger partial charge is 0.282 e. The summed E-state index contributed by atoms with van der Waals surface area (Å²) in [5.41, 5.74) is 0.512. The zero-order valence-corrected chi connectivity index (χ0v) is 10.3. The Morgan fingerprint density at radius 2 is 2.05 bits per heavy atom. The van der Waals surface area contributed by atoms with Crippen LogP contribution in [0.5, 0.6) is 0 Å². The minimum Gasteiger partial charge on any atom is -0.282 e. The highest BCUT2D eigenvalue weighted by Gasteiger charge is 2.41. The van der Waals surface area contributed by atoms with Crippen molar-refractivity contribution >= 4 is 5.78 Å². The van der Waals surface area contributed by atoms with Crippen LogP contribution in [-0.2, 0) is 6.54 Å². The molecule has 106 valence electrons. The number of aromatic nitrogens is 3. The number of halogens is 4. The summed E-state index contributed by atoms with van der Waals surface area (Å²) in [5.74, 6) is -2.52. The highest BCUT2D eigenvalue weighted by molar-refractivity contribution is 5.98. The van der Waals surface area contributed by atoms with Crippen LogP contribution < -0.4 is 0 Å². The zero-order valence-electron chi connectivity index (χ0n) is 10.3. The van der Waals surface area contributed by atoms with Gasteiger partial charge in [-0.1, -0.05) is 11.3 Å². The van der Waals surface area contributed by atoms with Gasteiger partial charge < -0.3 is 0 Å². The maximum atomic E-state index is 13.1. The predicted molar refractivity (Wildman–Crippen MR) is 60.6 cm³/mol. The third kappa shape index (κ3) is 3.01. The van der Waals surface area contributed by atoms with Gasteiger partial charge in [0.05, 0.1) is 12.7 Å². The molecule has 1 heterocycles. The Kier molecular flexibility index (Phi) is 3.56. The first kappa shape index (κ1) is 14.2. The van der Waals surface area contributed by atoms with Crippen LogP contribution in [0.2, 0.25) is 0 Å². The Labute approximate surface area is 111 Å². The molecule has 0 aliphatic carbocycles. The second-order valence-electron chi connectivity index (χ2n) is 4.20. The van der Waals surface area contributed by atoms with Crippen molar-refractivity contribution in [2.75, 3.05) is 0 Å². The molecule has 1 aromatic carbocycles. The highest BCUT2D eigenvalue weighted by Crippen LogP contribution is 2.20. The summed E-state index contributed by atoms with van der Waals surface area (Å²) in [6.45, 7) is 1.76.